The van der Waals surface area contributed by atoms with Crippen LogP contribution in [0.5, 0.6) is 0 Å². The van der Waals surface area contributed by atoms with Crippen LogP contribution < -0.4 is 0 Å². The molecule has 4 rings (SSSR count). The van der Waals surface area contributed by atoms with E-state index in [9.17, 15) is 0 Å². The summed E-state index contributed by atoms with van der Waals surface area (Å²) in [6.07, 6.45) is 8.34. The Bertz CT molecular complexity index is 618. The van der Waals surface area contributed by atoms with Crippen molar-refractivity contribution in [3.63, 3.8) is 0 Å². The average molecular weight is 308 g/mol. The minimum Gasteiger partial charge on any atom is -0.303 e. The molecule has 20 heavy (non-hydrogen) atoms. The van der Waals surface area contributed by atoms with Crippen LogP contribution in [0.2, 0.25) is 5.15 Å². The Morgan fingerprint density at radius 1 is 1.15 bits per heavy atom. The molecule has 2 heterocycles. The zero-order valence-corrected chi connectivity index (χ0v) is 12.4. The van der Waals surface area contributed by atoms with Gasteiger partial charge in [-0.1, -0.05) is 23.4 Å². The van der Waals surface area contributed by atoms with Gasteiger partial charge in [0, 0.05) is 17.7 Å². The third-order valence-corrected chi connectivity index (χ3v) is 4.74. The van der Waals surface area contributed by atoms with Crippen molar-refractivity contribution < 1.29 is 0 Å². The molecule has 0 atom stereocenters. The maximum Gasteiger partial charge on any atom is 0.191 e. The van der Waals surface area contributed by atoms with E-state index in [1.807, 2.05) is 0 Å². The molecule has 0 bridgehead atoms. The summed E-state index contributed by atoms with van der Waals surface area (Å²) in [5.41, 5.74) is 0.915. The van der Waals surface area contributed by atoms with Crippen molar-refractivity contribution in [2.75, 3.05) is 0 Å². The SMILES string of the molecule is Clc1cnc(CSc2nnc(C3CC3)n2C2CC2)cn1. The van der Waals surface area contributed by atoms with Crippen LogP contribution in [-0.4, -0.2) is 24.7 Å². The summed E-state index contributed by atoms with van der Waals surface area (Å²) in [5, 5.41) is 10.2. The van der Waals surface area contributed by atoms with E-state index in [1.54, 1.807) is 24.2 Å². The molecule has 2 aromatic rings. The third-order valence-electron chi connectivity index (χ3n) is 3.57. The fraction of sp³-hybridized carbons (Fsp3) is 0.538. The van der Waals surface area contributed by atoms with E-state index in [1.165, 1.54) is 31.5 Å². The summed E-state index contributed by atoms with van der Waals surface area (Å²) in [7, 11) is 0. The van der Waals surface area contributed by atoms with E-state index in [4.69, 9.17) is 11.6 Å². The van der Waals surface area contributed by atoms with E-state index in [2.05, 4.69) is 24.7 Å². The fourth-order valence-corrected chi connectivity index (χ4v) is 3.24. The molecule has 0 aromatic carbocycles. The molecular formula is C13H14ClN5S. The standard InChI is InChI=1S/C13H14ClN5S/c14-11-6-15-9(5-16-11)7-20-13-18-17-12(8-1-2-8)19(13)10-3-4-10/h5-6,8,10H,1-4,7H2. The number of hydrogen-bond acceptors (Lipinski definition) is 5. The Balaban J connectivity index is 1.52. The van der Waals surface area contributed by atoms with Crippen LogP contribution in [-0.2, 0) is 5.75 Å². The summed E-state index contributed by atoms with van der Waals surface area (Å²) in [6.45, 7) is 0. The first kappa shape index (κ1) is 12.6. The normalized spacial score (nSPS) is 18.4. The molecule has 0 saturated heterocycles. The van der Waals surface area contributed by atoms with Gasteiger partial charge >= 0.3 is 0 Å². The highest BCUT2D eigenvalue weighted by molar-refractivity contribution is 7.98. The lowest BCUT2D eigenvalue weighted by atomic mass is 10.4. The van der Waals surface area contributed by atoms with Gasteiger partial charge in [-0.15, -0.1) is 10.2 Å². The minimum absolute atomic E-state index is 0.427. The van der Waals surface area contributed by atoms with E-state index in [-0.39, 0.29) is 0 Å². The second kappa shape index (κ2) is 5.00. The molecule has 0 amide bonds. The van der Waals surface area contributed by atoms with Crippen molar-refractivity contribution in [1.29, 1.82) is 0 Å². The molecule has 5 nitrogen and oxygen atoms in total. The van der Waals surface area contributed by atoms with Crippen molar-refractivity contribution >= 4 is 23.4 Å². The Hall–Kier alpha value is -1.14. The minimum atomic E-state index is 0.427. The highest BCUT2D eigenvalue weighted by atomic mass is 35.5. The molecular weight excluding hydrogens is 294 g/mol. The first-order valence-electron chi connectivity index (χ1n) is 6.85. The molecule has 2 fully saturated rings. The quantitative estimate of drug-likeness (QED) is 0.794. The lowest BCUT2D eigenvalue weighted by molar-refractivity contribution is 0.627. The van der Waals surface area contributed by atoms with E-state index in [0.717, 1.165) is 16.6 Å². The number of hydrogen-bond donors (Lipinski definition) is 0. The Morgan fingerprint density at radius 3 is 2.65 bits per heavy atom. The number of rotatable bonds is 5. The van der Waals surface area contributed by atoms with Crippen molar-refractivity contribution in [2.24, 2.45) is 0 Å². The van der Waals surface area contributed by atoms with Crippen LogP contribution in [0.15, 0.2) is 17.6 Å². The first-order valence-corrected chi connectivity index (χ1v) is 8.21. The molecule has 2 aromatic heterocycles. The van der Waals surface area contributed by atoms with Crippen molar-refractivity contribution in [3.05, 3.63) is 29.1 Å². The zero-order chi connectivity index (χ0) is 13.5. The lowest BCUT2D eigenvalue weighted by Crippen LogP contribution is -2.02. The number of thioether (sulfide) groups is 1. The van der Waals surface area contributed by atoms with Gasteiger partial charge in [0.25, 0.3) is 0 Å². The van der Waals surface area contributed by atoms with E-state index in [0.29, 0.717) is 17.1 Å². The smallest absolute Gasteiger partial charge is 0.191 e. The monoisotopic (exact) mass is 307 g/mol. The molecule has 104 valence electrons. The first-order chi connectivity index (χ1) is 9.81. The van der Waals surface area contributed by atoms with Crippen LogP contribution in [0.4, 0.5) is 0 Å². The van der Waals surface area contributed by atoms with Crippen LogP contribution in [0, 0.1) is 0 Å². The van der Waals surface area contributed by atoms with Gasteiger partial charge in [-0.25, -0.2) is 4.98 Å². The van der Waals surface area contributed by atoms with Gasteiger partial charge in [-0.3, -0.25) is 4.98 Å². The van der Waals surface area contributed by atoms with Gasteiger partial charge < -0.3 is 4.57 Å². The second-order valence-electron chi connectivity index (χ2n) is 5.34. The largest absolute Gasteiger partial charge is 0.303 e. The number of nitrogens with zero attached hydrogens (tertiary/aromatic N) is 5. The molecule has 2 aliphatic rings. The van der Waals surface area contributed by atoms with Crippen LogP contribution in [0.3, 0.4) is 0 Å². The lowest BCUT2D eigenvalue weighted by Gasteiger charge is -2.07. The number of aromatic nitrogens is 5. The van der Waals surface area contributed by atoms with Crippen LogP contribution in [0.25, 0.3) is 0 Å². The molecule has 2 aliphatic carbocycles. The molecule has 7 heteroatoms. The van der Waals surface area contributed by atoms with Crippen LogP contribution >= 0.6 is 23.4 Å². The summed E-state index contributed by atoms with van der Waals surface area (Å²) in [5.74, 6) is 2.59. The molecule has 0 spiro atoms. The maximum absolute atomic E-state index is 5.74. The fourth-order valence-electron chi connectivity index (χ4n) is 2.23. The molecule has 0 radical (unpaired) electrons. The third kappa shape index (κ3) is 2.54. The maximum atomic E-state index is 5.74. The summed E-state index contributed by atoms with van der Waals surface area (Å²) in [4.78, 5) is 8.32. The van der Waals surface area contributed by atoms with Gasteiger partial charge in [-0.05, 0) is 25.7 Å². The zero-order valence-electron chi connectivity index (χ0n) is 10.9. The van der Waals surface area contributed by atoms with Gasteiger partial charge in [0.05, 0.1) is 18.1 Å². The Morgan fingerprint density at radius 2 is 2.00 bits per heavy atom. The second-order valence-corrected chi connectivity index (χ2v) is 6.67. The highest BCUT2D eigenvalue weighted by Gasteiger charge is 2.36. The number of halogens is 1. The Labute approximate surface area is 126 Å². The topological polar surface area (TPSA) is 56.5 Å². The average Bonchev–Trinajstić information content (AvgIpc) is 3.37. The summed E-state index contributed by atoms with van der Waals surface area (Å²) in [6, 6.07) is 0.624. The predicted molar refractivity (Wildman–Crippen MR) is 76.9 cm³/mol. The summed E-state index contributed by atoms with van der Waals surface area (Å²) < 4.78 is 2.35. The van der Waals surface area contributed by atoms with E-state index < -0.39 is 0 Å². The van der Waals surface area contributed by atoms with Gasteiger partial charge in [0.15, 0.2) is 5.16 Å². The van der Waals surface area contributed by atoms with Crippen molar-refractivity contribution in [2.45, 2.75) is 48.6 Å². The van der Waals surface area contributed by atoms with Gasteiger partial charge in [-0.2, -0.15) is 0 Å². The Kier molecular flexibility index (Phi) is 3.15. The van der Waals surface area contributed by atoms with E-state index >= 15 is 0 Å². The molecule has 0 N–H and O–H groups in total. The molecule has 0 aliphatic heterocycles. The molecule has 0 unspecified atom stereocenters. The predicted octanol–water partition coefficient (Wildman–Crippen LogP) is 3.23. The van der Waals surface area contributed by atoms with Crippen LogP contribution in [0.1, 0.15) is 49.2 Å². The summed E-state index contributed by atoms with van der Waals surface area (Å²) >= 11 is 7.43. The van der Waals surface area contributed by atoms with Gasteiger partial charge in [0.2, 0.25) is 0 Å². The van der Waals surface area contributed by atoms with Crippen molar-refractivity contribution in [3.8, 4) is 0 Å². The highest BCUT2D eigenvalue weighted by Crippen LogP contribution is 2.46. The molecule has 2 saturated carbocycles. The van der Waals surface area contributed by atoms with Gasteiger partial charge in [0.1, 0.15) is 11.0 Å². The van der Waals surface area contributed by atoms with Crippen molar-refractivity contribution in [1.82, 2.24) is 24.7 Å².